The summed E-state index contributed by atoms with van der Waals surface area (Å²) in [6, 6.07) is 21.7. The zero-order chi connectivity index (χ0) is 29.3. The molecule has 0 amide bonds. The van der Waals surface area contributed by atoms with Gasteiger partial charge >= 0.3 is 17.9 Å². The van der Waals surface area contributed by atoms with Gasteiger partial charge in [-0.25, -0.2) is 14.4 Å². The number of benzene rings is 3. The maximum Gasteiger partial charge on any atom is 0.343 e. The summed E-state index contributed by atoms with van der Waals surface area (Å²) < 4.78 is 26.8. The van der Waals surface area contributed by atoms with Gasteiger partial charge in [0.05, 0.1) is 32.0 Å². The summed E-state index contributed by atoms with van der Waals surface area (Å²) in [7, 11) is 0. The van der Waals surface area contributed by atoms with Crippen molar-refractivity contribution in [2.24, 2.45) is 0 Å². The average Bonchev–Trinajstić information content (AvgIpc) is 3.01. The van der Waals surface area contributed by atoms with Gasteiger partial charge in [-0.05, 0) is 85.3 Å². The van der Waals surface area contributed by atoms with E-state index in [1.54, 1.807) is 36.4 Å². The second kappa shape index (κ2) is 17.0. The minimum atomic E-state index is -0.464. The van der Waals surface area contributed by atoms with E-state index in [9.17, 15) is 14.4 Å². The van der Waals surface area contributed by atoms with Gasteiger partial charge in [0.15, 0.2) is 0 Å². The van der Waals surface area contributed by atoms with Crippen molar-refractivity contribution < 1.29 is 38.1 Å². The number of rotatable bonds is 17. The first-order valence-electron chi connectivity index (χ1n) is 13.3. The van der Waals surface area contributed by atoms with Crippen LogP contribution in [0.5, 0.6) is 17.2 Å². The third-order valence-electron chi connectivity index (χ3n) is 5.78. The van der Waals surface area contributed by atoms with Crippen LogP contribution in [0.25, 0.3) is 11.1 Å². The lowest BCUT2D eigenvalue weighted by molar-refractivity contribution is -0.138. The molecule has 0 fully saturated rings. The number of unbranched alkanes of at least 4 members (excludes halogenated alkanes) is 2. The molecule has 0 aromatic heterocycles. The Kier molecular flexibility index (Phi) is 12.7. The van der Waals surface area contributed by atoms with Crippen LogP contribution in [-0.4, -0.2) is 44.3 Å². The first-order chi connectivity index (χ1) is 20.0. The largest absolute Gasteiger partial charge is 0.494 e. The van der Waals surface area contributed by atoms with E-state index in [2.05, 4.69) is 13.2 Å². The molecule has 8 nitrogen and oxygen atoms in total. The van der Waals surface area contributed by atoms with Crippen molar-refractivity contribution in [2.75, 3.05) is 26.4 Å². The van der Waals surface area contributed by atoms with E-state index in [4.69, 9.17) is 23.7 Å². The van der Waals surface area contributed by atoms with Gasteiger partial charge < -0.3 is 23.7 Å². The highest BCUT2D eigenvalue weighted by Crippen LogP contribution is 2.25. The summed E-state index contributed by atoms with van der Waals surface area (Å²) in [6.07, 6.45) is 5.17. The van der Waals surface area contributed by atoms with E-state index >= 15 is 0 Å². The maximum absolute atomic E-state index is 12.6. The third kappa shape index (κ3) is 11.0. The molecule has 0 N–H and O–H groups in total. The van der Waals surface area contributed by atoms with Crippen LogP contribution in [0.3, 0.4) is 0 Å². The van der Waals surface area contributed by atoms with Gasteiger partial charge in [0, 0.05) is 12.2 Å². The smallest absolute Gasteiger partial charge is 0.343 e. The molecule has 41 heavy (non-hydrogen) atoms. The number of ether oxygens (including phenoxy) is 5. The zero-order valence-electron chi connectivity index (χ0n) is 22.9. The summed E-state index contributed by atoms with van der Waals surface area (Å²) in [5.74, 6) is 0.517. The Morgan fingerprint density at radius 2 is 0.927 bits per heavy atom. The molecular weight excluding hydrogens is 524 g/mol. The van der Waals surface area contributed by atoms with Gasteiger partial charge in [-0.15, -0.1) is 0 Å². The van der Waals surface area contributed by atoms with E-state index in [-0.39, 0.29) is 0 Å². The molecule has 3 rings (SSSR count). The quantitative estimate of drug-likeness (QED) is 0.0818. The normalized spacial score (nSPS) is 10.2. The van der Waals surface area contributed by atoms with Crippen LogP contribution in [0.2, 0.25) is 0 Å². The van der Waals surface area contributed by atoms with Crippen molar-refractivity contribution in [3.05, 3.63) is 104 Å². The molecule has 3 aromatic rings. The molecule has 0 radical (unpaired) electrons. The van der Waals surface area contributed by atoms with Crippen LogP contribution in [0.4, 0.5) is 0 Å². The molecule has 0 aliphatic rings. The number of carbonyl (C=O) groups excluding carboxylic acids is 3. The molecule has 0 heterocycles. The van der Waals surface area contributed by atoms with E-state index in [0.717, 1.165) is 41.9 Å². The van der Waals surface area contributed by atoms with Gasteiger partial charge in [0.25, 0.3) is 0 Å². The zero-order valence-corrected chi connectivity index (χ0v) is 22.9. The van der Waals surface area contributed by atoms with E-state index in [1.165, 1.54) is 0 Å². The van der Waals surface area contributed by atoms with Gasteiger partial charge in [0.1, 0.15) is 17.2 Å². The summed E-state index contributed by atoms with van der Waals surface area (Å²) in [5, 5.41) is 0. The summed E-state index contributed by atoms with van der Waals surface area (Å²) in [5.41, 5.74) is 2.38. The molecule has 214 valence electrons. The molecule has 0 aliphatic heterocycles. The summed E-state index contributed by atoms with van der Waals surface area (Å²) in [4.78, 5) is 34.6. The van der Waals surface area contributed by atoms with Crippen molar-refractivity contribution in [3.63, 3.8) is 0 Å². The minimum absolute atomic E-state index is 0.321. The molecule has 0 atom stereocenters. The standard InChI is InChI=1S/C33H34O8/c1-3-31(34)39-23-7-5-21-37-28-15-9-25(10-16-28)26-11-19-30(20-12-26)41-33(36)27-13-17-29(18-14-27)38-22-6-8-24-40-32(35)4-2/h3-4,9-20H,1-2,5-8,21-24H2. The second-order valence-electron chi connectivity index (χ2n) is 8.82. The first-order valence-corrected chi connectivity index (χ1v) is 13.3. The minimum Gasteiger partial charge on any atom is -0.494 e. The molecule has 0 bridgehead atoms. The fourth-order valence-electron chi connectivity index (χ4n) is 3.56. The van der Waals surface area contributed by atoms with E-state index in [1.807, 2.05) is 36.4 Å². The maximum atomic E-state index is 12.6. The van der Waals surface area contributed by atoms with E-state index in [0.29, 0.717) is 56.3 Å². The molecule has 3 aromatic carbocycles. The Labute approximate surface area is 240 Å². The lowest BCUT2D eigenvalue weighted by atomic mass is 10.1. The van der Waals surface area contributed by atoms with Gasteiger partial charge in [-0.2, -0.15) is 0 Å². The summed E-state index contributed by atoms with van der Waals surface area (Å²) in [6.45, 7) is 8.37. The van der Waals surface area contributed by atoms with Crippen molar-refractivity contribution >= 4 is 17.9 Å². The molecule has 0 spiro atoms. The molecule has 0 aliphatic carbocycles. The topological polar surface area (TPSA) is 97.4 Å². The van der Waals surface area contributed by atoms with Gasteiger partial charge in [-0.3, -0.25) is 0 Å². The Hall–Kier alpha value is -4.85. The number of carbonyl (C=O) groups is 3. The Morgan fingerprint density at radius 1 is 0.537 bits per heavy atom. The van der Waals surface area contributed by atoms with Crippen LogP contribution in [0, 0.1) is 0 Å². The fraction of sp³-hybridized carbons (Fsp3) is 0.242. The highest BCUT2D eigenvalue weighted by molar-refractivity contribution is 5.91. The highest BCUT2D eigenvalue weighted by Gasteiger charge is 2.10. The van der Waals surface area contributed by atoms with Gasteiger partial charge in [-0.1, -0.05) is 37.4 Å². The highest BCUT2D eigenvalue weighted by atomic mass is 16.5. The molecule has 0 unspecified atom stereocenters. The molecule has 0 saturated heterocycles. The van der Waals surface area contributed by atoms with Crippen LogP contribution in [-0.2, 0) is 19.1 Å². The average molecular weight is 559 g/mol. The second-order valence-corrected chi connectivity index (χ2v) is 8.82. The number of hydrogen-bond acceptors (Lipinski definition) is 8. The number of hydrogen-bond donors (Lipinski definition) is 0. The lowest BCUT2D eigenvalue weighted by Crippen LogP contribution is -2.08. The predicted molar refractivity (Wildman–Crippen MR) is 155 cm³/mol. The van der Waals surface area contributed by atoms with Crippen LogP contribution < -0.4 is 14.2 Å². The lowest BCUT2D eigenvalue weighted by Gasteiger charge is -2.09. The van der Waals surface area contributed by atoms with Crippen LogP contribution in [0.15, 0.2) is 98.1 Å². The van der Waals surface area contributed by atoms with Crippen molar-refractivity contribution in [3.8, 4) is 28.4 Å². The molecular formula is C33H34O8. The monoisotopic (exact) mass is 558 g/mol. The van der Waals surface area contributed by atoms with Crippen LogP contribution >= 0.6 is 0 Å². The Bertz CT molecular complexity index is 1280. The molecule has 8 heteroatoms. The van der Waals surface area contributed by atoms with Gasteiger partial charge in [0.2, 0.25) is 0 Å². The van der Waals surface area contributed by atoms with Crippen molar-refractivity contribution in [1.29, 1.82) is 0 Å². The van der Waals surface area contributed by atoms with E-state index < -0.39 is 17.9 Å². The summed E-state index contributed by atoms with van der Waals surface area (Å²) >= 11 is 0. The Balaban J connectivity index is 1.39. The Morgan fingerprint density at radius 3 is 1.37 bits per heavy atom. The van der Waals surface area contributed by atoms with Crippen molar-refractivity contribution in [1.82, 2.24) is 0 Å². The fourth-order valence-corrected chi connectivity index (χ4v) is 3.56. The first kappa shape index (κ1) is 30.7. The van der Waals surface area contributed by atoms with Crippen LogP contribution in [0.1, 0.15) is 36.0 Å². The molecule has 0 saturated carbocycles. The van der Waals surface area contributed by atoms with Crippen molar-refractivity contribution in [2.45, 2.75) is 25.7 Å². The third-order valence-corrected chi connectivity index (χ3v) is 5.78. The SMILES string of the molecule is C=CC(=O)OCCCCOc1ccc(C(=O)Oc2ccc(-c3ccc(OCCCCOC(=O)C=C)cc3)cc2)cc1. The number of esters is 3. The predicted octanol–water partition coefficient (Wildman–Crippen LogP) is 6.35.